The summed E-state index contributed by atoms with van der Waals surface area (Å²) in [4.78, 5) is 13.3. The van der Waals surface area contributed by atoms with E-state index in [0.29, 0.717) is 29.0 Å². The standard InChI is InChI=1S/C18H17BrFNO4S/c1-18(2)17(22)15-13(8-25-18)21-12-5-6-26(23,24)16(12)14(15)9-3-4-11(20)10(19)7-9/h3-4,7,14,21H,5-6,8H2,1-2H3. The molecule has 8 heteroatoms. The molecule has 26 heavy (non-hydrogen) atoms. The largest absolute Gasteiger partial charge is 0.361 e. The van der Waals surface area contributed by atoms with E-state index in [1.54, 1.807) is 19.9 Å². The van der Waals surface area contributed by atoms with E-state index in [1.807, 2.05) is 0 Å². The molecule has 4 rings (SSSR count). The predicted molar refractivity (Wildman–Crippen MR) is 97.5 cm³/mol. The topological polar surface area (TPSA) is 72.5 Å². The lowest BCUT2D eigenvalue weighted by Gasteiger charge is -2.38. The lowest BCUT2D eigenvalue weighted by atomic mass is 9.78. The molecule has 3 heterocycles. The number of hydrogen-bond acceptors (Lipinski definition) is 5. The summed E-state index contributed by atoms with van der Waals surface area (Å²) >= 11 is 3.16. The van der Waals surface area contributed by atoms with Gasteiger partial charge < -0.3 is 10.1 Å². The van der Waals surface area contributed by atoms with Gasteiger partial charge in [-0.1, -0.05) is 6.07 Å². The highest BCUT2D eigenvalue weighted by atomic mass is 79.9. The molecule has 1 aromatic rings. The number of ether oxygens (including phenoxy) is 1. The highest BCUT2D eigenvalue weighted by molar-refractivity contribution is 9.10. The zero-order valence-electron chi connectivity index (χ0n) is 14.2. The highest BCUT2D eigenvalue weighted by Gasteiger charge is 2.49. The van der Waals surface area contributed by atoms with Gasteiger partial charge in [0, 0.05) is 23.4 Å². The molecule has 0 fully saturated rings. The number of Topliss-reactive ketones (excluding diaryl/α,β-unsaturated/α-hetero) is 1. The lowest BCUT2D eigenvalue weighted by Crippen LogP contribution is -2.46. The molecule has 1 unspecified atom stereocenters. The Bertz CT molecular complexity index is 1010. The molecule has 1 aromatic carbocycles. The van der Waals surface area contributed by atoms with Crippen molar-refractivity contribution in [1.82, 2.24) is 5.32 Å². The third-order valence-corrected chi connectivity index (χ3v) is 7.58. The maximum absolute atomic E-state index is 13.7. The molecular weight excluding hydrogens is 425 g/mol. The van der Waals surface area contributed by atoms with Crippen molar-refractivity contribution in [3.05, 3.63) is 55.9 Å². The number of benzene rings is 1. The Hall–Kier alpha value is -1.51. The van der Waals surface area contributed by atoms with Gasteiger partial charge in [0.05, 0.1) is 27.7 Å². The van der Waals surface area contributed by atoms with Crippen molar-refractivity contribution in [2.75, 3.05) is 12.4 Å². The molecular formula is C18H17BrFNO4S. The van der Waals surface area contributed by atoms with E-state index >= 15 is 0 Å². The second kappa shape index (κ2) is 5.74. The summed E-state index contributed by atoms with van der Waals surface area (Å²) in [7, 11) is -3.50. The first kappa shape index (κ1) is 17.9. The zero-order valence-corrected chi connectivity index (χ0v) is 16.6. The number of carbonyl (C=O) groups is 1. The van der Waals surface area contributed by atoms with Crippen LogP contribution in [0.25, 0.3) is 0 Å². The SMILES string of the molecule is CC1(C)OCC2=C(C1=O)C(c1ccc(F)c(Br)c1)C1=C(CCS1(=O)=O)N2. The van der Waals surface area contributed by atoms with Crippen molar-refractivity contribution >= 4 is 31.6 Å². The van der Waals surface area contributed by atoms with Crippen LogP contribution in [0.2, 0.25) is 0 Å². The number of allylic oxidation sites excluding steroid dienone is 2. The van der Waals surface area contributed by atoms with E-state index in [-0.39, 0.29) is 27.5 Å². The molecule has 0 amide bonds. The van der Waals surface area contributed by atoms with E-state index in [1.165, 1.54) is 12.1 Å². The summed E-state index contributed by atoms with van der Waals surface area (Å²) < 4.78 is 45.1. The average Bonchev–Trinajstić information content (AvgIpc) is 2.87. The van der Waals surface area contributed by atoms with E-state index in [0.717, 1.165) is 0 Å². The van der Waals surface area contributed by atoms with Crippen LogP contribution >= 0.6 is 15.9 Å². The van der Waals surface area contributed by atoms with Gasteiger partial charge in [-0.2, -0.15) is 0 Å². The number of dihydropyridines is 1. The highest BCUT2D eigenvalue weighted by Crippen LogP contribution is 2.48. The zero-order chi connectivity index (χ0) is 18.9. The monoisotopic (exact) mass is 441 g/mol. The summed E-state index contributed by atoms with van der Waals surface area (Å²) in [6.07, 6.45) is 0.366. The maximum atomic E-state index is 13.7. The third-order valence-electron chi connectivity index (χ3n) is 5.08. The molecule has 138 valence electrons. The predicted octanol–water partition coefficient (Wildman–Crippen LogP) is 2.94. The van der Waals surface area contributed by atoms with Crippen LogP contribution in [0.15, 0.2) is 44.5 Å². The lowest BCUT2D eigenvalue weighted by molar-refractivity contribution is -0.138. The molecule has 5 nitrogen and oxygen atoms in total. The first-order valence-corrected chi connectivity index (χ1v) is 10.7. The smallest absolute Gasteiger partial charge is 0.192 e. The van der Waals surface area contributed by atoms with Crippen molar-refractivity contribution in [2.24, 2.45) is 0 Å². The summed E-state index contributed by atoms with van der Waals surface area (Å²) in [5, 5.41) is 3.12. The minimum absolute atomic E-state index is 0.00251. The molecule has 1 atom stereocenters. The number of rotatable bonds is 1. The fraction of sp³-hybridized carbons (Fsp3) is 0.389. The molecule has 0 saturated carbocycles. The van der Waals surface area contributed by atoms with Gasteiger partial charge in [-0.05, 0) is 47.5 Å². The molecule has 0 saturated heterocycles. The van der Waals surface area contributed by atoms with Crippen LogP contribution in [0, 0.1) is 5.82 Å². The van der Waals surface area contributed by atoms with Gasteiger partial charge in [0.2, 0.25) is 0 Å². The van der Waals surface area contributed by atoms with Crippen LogP contribution in [0.3, 0.4) is 0 Å². The Balaban J connectivity index is 1.97. The van der Waals surface area contributed by atoms with Crippen molar-refractivity contribution in [3.63, 3.8) is 0 Å². The van der Waals surface area contributed by atoms with Crippen molar-refractivity contribution in [2.45, 2.75) is 31.8 Å². The van der Waals surface area contributed by atoms with Gasteiger partial charge in [-0.15, -0.1) is 0 Å². The number of nitrogens with one attached hydrogen (secondary N) is 1. The van der Waals surface area contributed by atoms with Crippen molar-refractivity contribution < 1.29 is 22.3 Å². The Kier molecular flexibility index (Phi) is 3.95. The van der Waals surface area contributed by atoms with Crippen molar-refractivity contribution in [3.8, 4) is 0 Å². The van der Waals surface area contributed by atoms with Crippen LogP contribution in [-0.2, 0) is 19.4 Å². The van der Waals surface area contributed by atoms with E-state index in [4.69, 9.17) is 4.74 Å². The van der Waals surface area contributed by atoms with Crippen LogP contribution < -0.4 is 5.32 Å². The Morgan fingerprint density at radius 2 is 2.04 bits per heavy atom. The Morgan fingerprint density at radius 1 is 1.31 bits per heavy atom. The van der Waals surface area contributed by atoms with Gasteiger partial charge in [0.15, 0.2) is 15.6 Å². The molecule has 0 radical (unpaired) electrons. The van der Waals surface area contributed by atoms with Gasteiger partial charge in [0.25, 0.3) is 0 Å². The first-order chi connectivity index (χ1) is 12.1. The summed E-state index contributed by atoms with van der Waals surface area (Å²) in [6.45, 7) is 3.54. The minimum Gasteiger partial charge on any atom is -0.361 e. The number of ketones is 1. The van der Waals surface area contributed by atoms with Gasteiger partial charge in [-0.3, -0.25) is 4.79 Å². The minimum atomic E-state index is -3.50. The van der Waals surface area contributed by atoms with E-state index < -0.39 is 27.2 Å². The molecule has 3 aliphatic heterocycles. The molecule has 1 N–H and O–H groups in total. The van der Waals surface area contributed by atoms with Crippen molar-refractivity contribution in [1.29, 1.82) is 0 Å². The summed E-state index contributed by atoms with van der Waals surface area (Å²) in [5.74, 6) is -1.45. The summed E-state index contributed by atoms with van der Waals surface area (Å²) in [5.41, 5.74) is 1.11. The van der Waals surface area contributed by atoms with Crippen LogP contribution in [0.1, 0.15) is 31.7 Å². The molecule has 3 aliphatic rings. The molecule has 0 spiro atoms. The number of carbonyl (C=O) groups excluding carboxylic acids is 1. The fourth-order valence-electron chi connectivity index (χ4n) is 3.72. The first-order valence-electron chi connectivity index (χ1n) is 8.21. The number of sulfone groups is 1. The van der Waals surface area contributed by atoms with E-state index in [9.17, 15) is 17.6 Å². The molecule has 0 bridgehead atoms. The van der Waals surface area contributed by atoms with Gasteiger partial charge in [-0.25, -0.2) is 12.8 Å². The van der Waals surface area contributed by atoms with E-state index in [2.05, 4.69) is 21.2 Å². The normalized spacial score (nSPS) is 26.5. The van der Waals surface area contributed by atoms with Crippen LogP contribution in [0.5, 0.6) is 0 Å². The Labute approximate surface area is 159 Å². The second-order valence-electron chi connectivity index (χ2n) is 7.16. The van der Waals surface area contributed by atoms with Gasteiger partial charge in [0.1, 0.15) is 11.4 Å². The number of hydrogen-bond donors (Lipinski definition) is 1. The summed E-state index contributed by atoms with van der Waals surface area (Å²) in [6, 6.07) is 4.36. The average molecular weight is 442 g/mol. The quantitative estimate of drug-likeness (QED) is 0.724. The van der Waals surface area contributed by atoms with Gasteiger partial charge >= 0.3 is 0 Å². The molecule has 0 aliphatic carbocycles. The van der Waals surface area contributed by atoms with Crippen LogP contribution in [-0.4, -0.2) is 32.2 Å². The third kappa shape index (κ3) is 2.58. The molecule has 0 aromatic heterocycles. The maximum Gasteiger partial charge on any atom is 0.192 e. The fourth-order valence-corrected chi connectivity index (χ4v) is 5.96. The van der Waals surface area contributed by atoms with Crippen LogP contribution in [0.4, 0.5) is 4.39 Å². The Morgan fingerprint density at radius 3 is 2.73 bits per heavy atom. The second-order valence-corrected chi connectivity index (χ2v) is 10.1. The number of halogens is 2.